The summed E-state index contributed by atoms with van der Waals surface area (Å²) in [5.74, 6) is -0.699. The van der Waals surface area contributed by atoms with Crippen molar-refractivity contribution in [2.24, 2.45) is 0 Å². The first-order chi connectivity index (χ1) is 11.1. The smallest absolute Gasteiger partial charge is 0.270 e. The molecule has 0 radical (unpaired) electrons. The van der Waals surface area contributed by atoms with E-state index in [0.29, 0.717) is 18.1 Å². The zero-order chi connectivity index (χ0) is 16.7. The minimum absolute atomic E-state index is 0.185. The van der Waals surface area contributed by atoms with E-state index in [0.717, 1.165) is 5.56 Å². The molecule has 2 rings (SSSR count). The fourth-order valence-corrected chi connectivity index (χ4v) is 1.94. The Kier molecular flexibility index (Phi) is 5.88. The van der Waals surface area contributed by atoms with Crippen LogP contribution in [-0.2, 0) is 6.54 Å². The van der Waals surface area contributed by atoms with Crippen molar-refractivity contribution in [2.45, 2.75) is 6.54 Å². The molecular formula is C17H16ClN3O2. The third-order valence-electron chi connectivity index (χ3n) is 2.99. The highest BCUT2D eigenvalue weighted by molar-refractivity contribution is 6.30. The van der Waals surface area contributed by atoms with Gasteiger partial charge in [0, 0.05) is 18.1 Å². The Labute approximate surface area is 139 Å². The number of nitrogens with zero attached hydrogens (tertiary/aromatic N) is 1. The van der Waals surface area contributed by atoms with Gasteiger partial charge in [-0.3, -0.25) is 9.59 Å². The standard InChI is InChI=1S/C17H16ClN3O2/c1-2-10-19-16(22)14-4-3-5-15(21-14)17(23)20-11-12-6-8-13(18)9-7-12/h2-9H,1,10-11H2,(H,19,22)(H,20,23). The maximum atomic E-state index is 12.1. The number of rotatable bonds is 6. The van der Waals surface area contributed by atoms with Crippen molar-refractivity contribution in [1.82, 2.24) is 15.6 Å². The second-order valence-corrected chi connectivity index (χ2v) is 5.15. The molecule has 0 aliphatic heterocycles. The lowest BCUT2D eigenvalue weighted by Crippen LogP contribution is -2.27. The summed E-state index contributed by atoms with van der Waals surface area (Å²) in [5, 5.41) is 6.00. The number of benzene rings is 1. The van der Waals surface area contributed by atoms with Crippen LogP contribution in [0, 0.1) is 0 Å². The fraction of sp³-hybridized carbons (Fsp3) is 0.118. The molecule has 23 heavy (non-hydrogen) atoms. The van der Waals surface area contributed by atoms with E-state index in [1.807, 2.05) is 12.1 Å². The first kappa shape index (κ1) is 16.7. The van der Waals surface area contributed by atoms with Gasteiger partial charge in [-0.2, -0.15) is 0 Å². The van der Waals surface area contributed by atoms with Crippen LogP contribution >= 0.6 is 11.6 Å². The van der Waals surface area contributed by atoms with E-state index in [-0.39, 0.29) is 23.2 Å². The lowest BCUT2D eigenvalue weighted by molar-refractivity contribution is 0.0944. The number of carbonyl (C=O) groups is 2. The van der Waals surface area contributed by atoms with Crippen molar-refractivity contribution in [3.05, 3.63) is 77.1 Å². The molecule has 1 aromatic carbocycles. The molecule has 1 heterocycles. The third kappa shape index (κ3) is 4.93. The van der Waals surface area contributed by atoms with E-state index >= 15 is 0 Å². The van der Waals surface area contributed by atoms with Crippen LogP contribution in [0.15, 0.2) is 55.1 Å². The van der Waals surface area contributed by atoms with Gasteiger partial charge in [0.15, 0.2) is 0 Å². The quantitative estimate of drug-likeness (QED) is 0.800. The molecule has 2 amide bonds. The van der Waals surface area contributed by atoms with Gasteiger partial charge >= 0.3 is 0 Å². The number of carbonyl (C=O) groups excluding carboxylic acids is 2. The second kappa shape index (κ2) is 8.10. The van der Waals surface area contributed by atoms with Gasteiger partial charge in [-0.1, -0.05) is 35.9 Å². The molecule has 6 heteroatoms. The van der Waals surface area contributed by atoms with Gasteiger partial charge in [0.05, 0.1) is 0 Å². The van der Waals surface area contributed by atoms with Crippen LogP contribution in [0.25, 0.3) is 0 Å². The summed E-state index contributed by atoms with van der Waals surface area (Å²) >= 11 is 5.81. The lowest BCUT2D eigenvalue weighted by Gasteiger charge is -2.07. The minimum Gasteiger partial charge on any atom is -0.347 e. The van der Waals surface area contributed by atoms with Gasteiger partial charge in [-0.05, 0) is 29.8 Å². The predicted octanol–water partition coefficient (Wildman–Crippen LogP) is 2.58. The van der Waals surface area contributed by atoms with Gasteiger partial charge in [-0.25, -0.2) is 4.98 Å². The molecule has 2 aromatic rings. The summed E-state index contributed by atoms with van der Waals surface area (Å²) in [4.78, 5) is 28.0. The maximum absolute atomic E-state index is 12.1. The van der Waals surface area contributed by atoms with E-state index in [2.05, 4.69) is 22.2 Å². The molecule has 1 aromatic heterocycles. The Hall–Kier alpha value is -2.66. The summed E-state index contributed by atoms with van der Waals surface area (Å²) in [7, 11) is 0. The highest BCUT2D eigenvalue weighted by Gasteiger charge is 2.11. The fourth-order valence-electron chi connectivity index (χ4n) is 1.82. The average molecular weight is 330 g/mol. The van der Waals surface area contributed by atoms with Gasteiger partial charge < -0.3 is 10.6 Å². The van der Waals surface area contributed by atoms with Crippen molar-refractivity contribution in [1.29, 1.82) is 0 Å². The first-order valence-electron chi connectivity index (χ1n) is 6.99. The van der Waals surface area contributed by atoms with Gasteiger partial charge in [-0.15, -0.1) is 6.58 Å². The summed E-state index contributed by atoms with van der Waals surface area (Å²) in [5.41, 5.74) is 1.29. The first-order valence-corrected chi connectivity index (χ1v) is 7.36. The van der Waals surface area contributed by atoms with Crippen molar-refractivity contribution in [3.63, 3.8) is 0 Å². The van der Waals surface area contributed by atoms with Crippen molar-refractivity contribution in [2.75, 3.05) is 6.54 Å². The Morgan fingerprint density at radius 2 is 1.65 bits per heavy atom. The largest absolute Gasteiger partial charge is 0.347 e. The topological polar surface area (TPSA) is 71.1 Å². The molecule has 0 unspecified atom stereocenters. The van der Waals surface area contributed by atoms with Gasteiger partial charge in [0.25, 0.3) is 11.8 Å². The Bertz CT molecular complexity index is 714. The summed E-state index contributed by atoms with van der Waals surface area (Å²) in [6, 6.07) is 11.9. The molecule has 0 spiro atoms. The van der Waals surface area contributed by atoms with Crippen molar-refractivity contribution in [3.8, 4) is 0 Å². The highest BCUT2D eigenvalue weighted by Crippen LogP contribution is 2.09. The number of aromatic nitrogens is 1. The Balaban J connectivity index is 2.00. The van der Waals surface area contributed by atoms with E-state index in [9.17, 15) is 9.59 Å². The minimum atomic E-state index is -0.350. The summed E-state index contributed by atoms with van der Waals surface area (Å²) in [6.45, 7) is 4.22. The molecule has 5 nitrogen and oxygen atoms in total. The van der Waals surface area contributed by atoms with E-state index < -0.39 is 0 Å². The maximum Gasteiger partial charge on any atom is 0.270 e. The molecule has 0 fully saturated rings. The number of pyridine rings is 1. The number of amides is 2. The zero-order valence-electron chi connectivity index (χ0n) is 12.4. The van der Waals surface area contributed by atoms with E-state index in [1.165, 1.54) is 0 Å². The van der Waals surface area contributed by atoms with Crippen LogP contribution in [-0.4, -0.2) is 23.3 Å². The van der Waals surface area contributed by atoms with Crippen LogP contribution < -0.4 is 10.6 Å². The van der Waals surface area contributed by atoms with Crippen LogP contribution in [0.1, 0.15) is 26.5 Å². The van der Waals surface area contributed by atoms with Crippen LogP contribution in [0.2, 0.25) is 5.02 Å². The van der Waals surface area contributed by atoms with E-state index in [4.69, 9.17) is 11.6 Å². The molecule has 0 saturated heterocycles. The number of hydrogen-bond acceptors (Lipinski definition) is 3. The third-order valence-corrected chi connectivity index (χ3v) is 3.24. The Morgan fingerprint density at radius 3 is 2.26 bits per heavy atom. The van der Waals surface area contributed by atoms with Crippen LogP contribution in [0.4, 0.5) is 0 Å². The molecule has 0 saturated carbocycles. The molecule has 2 N–H and O–H groups in total. The molecule has 0 bridgehead atoms. The normalized spacial score (nSPS) is 9.96. The van der Waals surface area contributed by atoms with Crippen LogP contribution in [0.5, 0.6) is 0 Å². The summed E-state index contributed by atoms with van der Waals surface area (Å²) < 4.78 is 0. The zero-order valence-corrected chi connectivity index (χ0v) is 13.1. The van der Waals surface area contributed by atoms with E-state index in [1.54, 1.807) is 36.4 Å². The monoisotopic (exact) mass is 329 g/mol. The van der Waals surface area contributed by atoms with Gasteiger partial charge in [0.2, 0.25) is 0 Å². The average Bonchev–Trinajstić information content (AvgIpc) is 2.59. The predicted molar refractivity (Wildman–Crippen MR) is 89.4 cm³/mol. The molecule has 0 aliphatic rings. The molecule has 0 atom stereocenters. The molecule has 118 valence electrons. The number of nitrogens with one attached hydrogen (secondary N) is 2. The van der Waals surface area contributed by atoms with Crippen molar-refractivity contribution >= 4 is 23.4 Å². The van der Waals surface area contributed by atoms with Crippen molar-refractivity contribution < 1.29 is 9.59 Å². The molecule has 0 aliphatic carbocycles. The second-order valence-electron chi connectivity index (χ2n) is 4.72. The SMILES string of the molecule is C=CCNC(=O)c1cccc(C(=O)NCc2ccc(Cl)cc2)n1. The van der Waals surface area contributed by atoms with Crippen LogP contribution in [0.3, 0.4) is 0 Å². The summed E-state index contributed by atoms with van der Waals surface area (Å²) in [6.07, 6.45) is 1.57. The van der Waals surface area contributed by atoms with Gasteiger partial charge in [0.1, 0.15) is 11.4 Å². The Morgan fingerprint density at radius 1 is 1.04 bits per heavy atom. The number of hydrogen-bond donors (Lipinski definition) is 2. The lowest BCUT2D eigenvalue weighted by atomic mass is 10.2. The molecular weight excluding hydrogens is 314 g/mol. The number of halogens is 1. The highest BCUT2D eigenvalue weighted by atomic mass is 35.5.